The zero-order valence-corrected chi connectivity index (χ0v) is 12.0. The number of ether oxygens (including phenoxy) is 2. The van der Waals surface area contributed by atoms with E-state index < -0.39 is 10.0 Å². The van der Waals surface area contributed by atoms with Crippen LogP contribution in [0.1, 0.15) is 26.2 Å². The van der Waals surface area contributed by atoms with Gasteiger partial charge in [-0.3, -0.25) is 0 Å². The average Bonchev–Trinajstić information content (AvgIpc) is 2.33. The van der Waals surface area contributed by atoms with Crippen molar-refractivity contribution >= 4 is 10.0 Å². The van der Waals surface area contributed by atoms with Crippen molar-refractivity contribution in [3.8, 4) is 11.5 Å². The van der Waals surface area contributed by atoms with E-state index in [4.69, 9.17) is 14.6 Å². The lowest BCUT2D eigenvalue weighted by atomic mass is 10.2. The van der Waals surface area contributed by atoms with Crippen molar-refractivity contribution in [1.29, 1.82) is 0 Å². The molecule has 108 valence electrons. The number of nitrogens with two attached hydrogens (primary N) is 1. The number of unbranched alkanes of at least 4 members (excludes halogenated alkanes) is 2. The highest BCUT2D eigenvalue weighted by atomic mass is 32.2. The van der Waals surface area contributed by atoms with Gasteiger partial charge in [-0.2, -0.15) is 0 Å². The molecule has 0 saturated heterocycles. The minimum absolute atomic E-state index is 0.0345. The zero-order valence-electron chi connectivity index (χ0n) is 11.2. The second kappa shape index (κ2) is 8.01. The van der Waals surface area contributed by atoms with Crippen LogP contribution in [0.2, 0.25) is 0 Å². The first kappa shape index (κ1) is 15.8. The Morgan fingerprint density at radius 2 is 1.79 bits per heavy atom. The Kier molecular flexibility index (Phi) is 6.66. The molecule has 0 saturated carbocycles. The fourth-order valence-corrected chi connectivity index (χ4v) is 2.20. The van der Waals surface area contributed by atoms with E-state index in [1.54, 1.807) is 0 Å². The number of rotatable bonds is 9. The molecule has 6 heteroatoms. The van der Waals surface area contributed by atoms with Crippen LogP contribution in [0.3, 0.4) is 0 Å². The van der Waals surface area contributed by atoms with E-state index in [1.807, 2.05) is 31.2 Å². The lowest BCUT2D eigenvalue weighted by Gasteiger charge is -2.08. The van der Waals surface area contributed by atoms with Crippen molar-refractivity contribution in [3.63, 3.8) is 0 Å². The molecule has 0 aliphatic rings. The molecule has 19 heavy (non-hydrogen) atoms. The van der Waals surface area contributed by atoms with E-state index in [0.717, 1.165) is 24.3 Å². The van der Waals surface area contributed by atoms with E-state index in [1.165, 1.54) is 0 Å². The van der Waals surface area contributed by atoms with Gasteiger partial charge in [-0.05, 0) is 38.3 Å². The van der Waals surface area contributed by atoms with Crippen LogP contribution in [-0.4, -0.2) is 27.4 Å². The summed E-state index contributed by atoms with van der Waals surface area (Å²) in [7, 11) is -3.33. The van der Waals surface area contributed by atoms with Crippen LogP contribution in [0.25, 0.3) is 0 Å². The fourth-order valence-electron chi connectivity index (χ4n) is 1.59. The molecule has 0 heterocycles. The van der Waals surface area contributed by atoms with E-state index in [0.29, 0.717) is 19.6 Å². The predicted molar refractivity (Wildman–Crippen MR) is 74.9 cm³/mol. The highest BCUT2D eigenvalue weighted by Gasteiger charge is 2.02. The third kappa shape index (κ3) is 7.69. The number of hydrogen-bond acceptors (Lipinski definition) is 4. The lowest BCUT2D eigenvalue weighted by molar-refractivity contribution is 0.300. The van der Waals surface area contributed by atoms with Crippen molar-refractivity contribution in [2.75, 3.05) is 19.0 Å². The van der Waals surface area contributed by atoms with E-state index in [2.05, 4.69) is 0 Å². The summed E-state index contributed by atoms with van der Waals surface area (Å²) in [5.74, 6) is 1.58. The van der Waals surface area contributed by atoms with Crippen LogP contribution in [-0.2, 0) is 10.0 Å². The maximum Gasteiger partial charge on any atom is 0.209 e. The molecule has 2 N–H and O–H groups in total. The summed E-state index contributed by atoms with van der Waals surface area (Å²) in [6.45, 7) is 3.11. The first-order valence-electron chi connectivity index (χ1n) is 6.37. The quantitative estimate of drug-likeness (QED) is 0.704. The Morgan fingerprint density at radius 3 is 2.42 bits per heavy atom. The summed E-state index contributed by atoms with van der Waals surface area (Å²) in [4.78, 5) is 0. The zero-order chi connectivity index (χ0) is 14.1. The predicted octanol–water partition coefficient (Wildman–Crippen LogP) is 1.92. The van der Waals surface area contributed by atoms with Crippen LogP contribution >= 0.6 is 0 Å². The Balaban J connectivity index is 2.20. The smallest absolute Gasteiger partial charge is 0.209 e. The summed E-state index contributed by atoms with van der Waals surface area (Å²) in [5, 5.41) is 4.91. The maximum atomic E-state index is 10.7. The van der Waals surface area contributed by atoms with Gasteiger partial charge in [0.1, 0.15) is 11.5 Å². The van der Waals surface area contributed by atoms with Gasteiger partial charge in [0.25, 0.3) is 0 Å². The molecule has 0 aliphatic heterocycles. The van der Waals surface area contributed by atoms with Crippen molar-refractivity contribution in [3.05, 3.63) is 24.3 Å². The molecular weight excluding hydrogens is 266 g/mol. The van der Waals surface area contributed by atoms with Crippen LogP contribution < -0.4 is 14.6 Å². The maximum absolute atomic E-state index is 10.7. The highest BCUT2D eigenvalue weighted by molar-refractivity contribution is 7.89. The second-order valence-electron chi connectivity index (χ2n) is 4.18. The molecular formula is C13H21NO4S. The number of hydrogen-bond donors (Lipinski definition) is 1. The molecule has 0 atom stereocenters. The van der Waals surface area contributed by atoms with E-state index >= 15 is 0 Å². The Morgan fingerprint density at radius 1 is 1.11 bits per heavy atom. The van der Waals surface area contributed by atoms with Crippen LogP contribution in [0, 0.1) is 0 Å². The molecule has 0 amide bonds. The van der Waals surface area contributed by atoms with Gasteiger partial charge in [-0.15, -0.1) is 0 Å². The molecule has 0 radical (unpaired) electrons. The summed E-state index contributed by atoms with van der Waals surface area (Å²) in [6.07, 6.45) is 2.15. The molecule has 1 aromatic rings. The first-order valence-corrected chi connectivity index (χ1v) is 8.09. The Bertz CT molecular complexity index is 473. The molecule has 0 unspecified atom stereocenters. The summed E-state index contributed by atoms with van der Waals surface area (Å²) in [6, 6.07) is 7.46. The Hall–Kier alpha value is -1.27. The fraction of sp³-hybridized carbons (Fsp3) is 0.538. The van der Waals surface area contributed by atoms with Crippen LogP contribution in [0.15, 0.2) is 24.3 Å². The van der Waals surface area contributed by atoms with Gasteiger partial charge in [-0.1, -0.05) is 6.07 Å². The monoisotopic (exact) mass is 287 g/mol. The van der Waals surface area contributed by atoms with Crippen LogP contribution in [0.4, 0.5) is 0 Å². The molecule has 0 bridgehead atoms. The van der Waals surface area contributed by atoms with Crippen molar-refractivity contribution < 1.29 is 17.9 Å². The minimum atomic E-state index is -3.33. The molecule has 1 rings (SSSR count). The van der Waals surface area contributed by atoms with E-state index in [9.17, 15) is 8.42 Å². The van der Waals surface area contributed by atoms with Gasteiger partial charge in [0.15, 0.2) is 0 Å². The first-order chi connectivity index (χ1) is 9.01. The van der Waals surface area contributed by atoms with Gasteiger partial charge in [-0.25, -0.2) is 13.6 Å². The molecule has 0 aliphatic carbocycles. The summed E-state index contributed by atoms with van der Waals surface area (Å²) < 4.78 is 32.4. The normalized spacial score (nSPS) is 11.3. The lowest BCUT2D eigenvalue weighted by Crippen LogP contribution is -2.16. The van der Waals surface area contributed by atoms with E-state index in [-0.39, 0.29) is 5.75 Å². The highest BCUT2D eigenvalue weighted by Crippen LogP contribution is 2.19. The molecule has 0 fully saturated rings. The van der Waals surface area contributed by atoms with Gasteiger partial charge < -0.3 is 9.47 Å². The number of primary sulfonamides is 1. The van der Waals surface area contributed by atoms with Crippen molar-refractivity contribution in [1.82, 2.24) is 0 Å². The topological polar surface area (TPSA) is 78.6 Å². The molecule has 0 aromatic heterocycles. The van der Waals surface area contributed by atoms with Gasteiger partial charge in [0, 0.05) is 6.07 Å². The second-order valence-corrected chi connectivity index (χ2v) is 5.92. The van der Waals surface area contributed by atoms with Gasteiger partial charge in [0.2, 0.25) is 10.0 Å². The molecule has 5 nitrogen and oxygen atoms in total. The van der Waals surface area contributed by atoms with Crippen molar-refractivity contribution in [2.45, 2.75) is 26.2 Å². The number of sulfonamides is 1. The standard InChI is InChI=1S/C13H21NO4S/c1-2-17-12-7-6-8-13(11-12)18-9-4-3-5-10-19(14,15)16/h6-8,11H,2-5,9-10H2,1H3,(H2,14,15,16). The number of benzene rings is 1. The molecule has 1 aromatic carbocycles. The Labute approximate surface area is 114 Å². The largest absolute Gasteiger partial charge is 0.494 e. The molecule has 0 spiro atoms. The third-order valence-electron chi connectivity index (χ3n) is 2.46. The van der Waals surface area contributed by atoms with Crippen LogP contribution in [0.5, 0.6) is 11.5 Å². The van der Waals surface area contributed by atoms with Crippen molar-refractivity contribution in [2.24, 2.45) is 5.14 Å². The summed E-state index contributed by atoms with van der Waals surface area (Å²) in [5.41, 5.74) is 0. The average molecular weight is 287 g/mol. The van der Waals surface area contributed by atoms with Gasteiger partial charge >= 0.3 is 0 Å². The minimum Gasteiger partial charge on any atom is -0.494 e. The summed E-state index contributed by atoms with van der Waals surface area (Å²) >= 11 is 0. The SMILES string of the molecule is CCOc1cccc(OCCCCCS(N)(=O)=O)c1. The third-order valence-corrected chi connectivity index (χ3v) is 3.32. The van der Waals surface area contributed by atoms with Gasteiger partial charge in [0.05, 0.1) is 19.0 Å².